The molecule has 2 heterocycles. The van der Waals surface area contributed by atoms with Crippen molar-refractivity contribution in [3.63, 3.8) is 0 Å². The minimum Gasteiger partial charge on any atom is -0.490 e. The summed E-state index contributed by atoms with van der Waals surface area (Å²) in [6.07, 6.45) is 8.26. The van der Waals surface area contributed by atoms with E-state index in [1.165, 1.54) is 6.42 Å². The molecule has 3 rings (SSSR count). The number of benzene rings is 1. The Bertz CT molecular complexity index is 864. The number of hydrogen-bond acceptors (Lipinski definition) is 5. The van der Waals surface area contributed by atoms with Crippen LogP contribution in [0.3, 0.4) is 0 Å². The van der Waals surface area contributed by atoms with Crippen molar-refractivity contribution in [2.75, 3.05) is 13.2 Å². The third kappa shape index (κ3) is 4.72. The van der Waals surface area contributed by atoms with Crippen molar-refractivity contribution < 1.29 is 9.47 Å². The molecule has 0 amide bonds. The molecule has 0 radical (unpaired) electrons. The average molecular weight is 380 g/mol. The zero-order chi connectivity index (χ0) is 19.8. The van der Waals surface area contributed by atoms with Gasteiger partial charge in [-0.1, -0.05) is 25.8 Å². The molecule has 0 atom stereocenters. The Labute approximate surface area is 166 Å². The van der Waals surface area contributed by atoms with Crippen molar-refractivity contribution >= 4 is 11.6 Å². The molecule has 0 N–H and O–H groups in total. The van der Waals surface area contributed by atoms with E-state index >= 15 is 0 Å². The van der Waals surface area contributed by atoms with Gasteiger partial charge in [-0.05, 0) is 50.0 Å². The Balaban J connectivity index is 1.89. The van der Waals surface area contributed by atoms with E-state index in [0.29, 0.717) is 30.4 Å². The Morgan fingerprint density at radius 1 is 1.18 bits per heavy atom. The van der Waals surface area contributed by atoms with E-state index in [9.17, 15) is 5.26 Å². The van der Waals surface area contributed by atoms with E-state index in [2.05, 4.69) is 27.8 Å². The van der Waals surface area contributed by atoms with E-state index in [4.69, 9.17) is 9.47 Å². The molecule has 148 valence electrons. The second kappa shape index (κ2) is 9.93. The van der Waals surface area contributed by atoms with Gasteiger partial charge in [-0.3, -0.25) is 0 Å². The summed E-state index contributed by atoms with van der Waals surface area (Å²) in [6, 6.07) is 8.07. The van der Waals surface area contributed by atoms with Crippen LogP contribution in [-0.2, 0) is 13.0 Å². The highest BCUT2D eigenvalue weighted by Gasteiger charge is 2.18. The Kier molecular flexibility index (Phi) is 7.07. The van der Waals surface area contributed by atoms with Crippen LogP contribution in [0.1, 0.15) is 63.2 Å². The summed E-state index contributed by atoms with van der Waals surface area (Å²) in [7, 11) is 0. The lowest BCUT2D eigenvalue weighted by molar-refractivity contribution is 0.272. The van der Waals surface area contributed by atoms with Gasteiger partial charge in [0.2, 0.25) is 0 Å². The minimum atomic E-state index is 0.516. The predicted octanol–water partition coefficient (Wildman–Crippen LogP) is 4.65. The quantitative estimate of drug-likeness (QED) is 0.492. The molecule has 0 saturated heterocycles. The van der Waals surface area contributed by atoms with E-state index < -0.39 is 0 Å². The van der Waals surface area contributed by atoms with Crippen molar-refractivity contribution in [1.82, 2.24) is 14.8 Å². The summed E-state index contributed by atoms with van der Waals surface area (Å²) < 4.78 is 13.7. The number of aromatic nitrogens is 3. The Hall–Kier alpha value is -2.81. The van der Waals surface area contributed by atoms with Crippen molar-refractivity contribution in [2.24, 2.45) is 0 Å². The molecule has 0 unspecified atom stereocenters. The molecular formula is C22H28N4O2. The number of aryl methyl sites for hydroxylation is 1. The Morgan fingerprint density at radius 2 is 2.07 bits per heavy atom. The van der Waals surface area contributed by atoms with Crippen molar-refractivity contribution in [3.8, 4) is 17.6 Å². The van der Waals surface area contributed by atoms with E-state index in [1.807, 2.05) is 31.2 Å². The van der Waals surface area contributed by atoms with Gasteiger partial charge in [0, 0.05) is 13.0 Å². The van der Waals surface area contributed by atoms with Crippen LogP contribution in [-0.4, -0.2) is 28.0 Å². The fourth-order valence-electron chi connectivity index (χ4n) is 3.33. The van der Waals surface area contributed by atoms with E-state index in [0.717, 1.165) is 55.8 Å². The van der Waals surface area contributed by atoms with Gasteiger partial charge < -0.3 is 14.0 Å². The third-order valence-corrected chi connectivity index (χ3v) is 4.80. The zero-order valence-electron chi connectivity index (χ0n) is 16.8. The van der Waals surface area contributed by atoms with Crippen LogP contribution >= 0.6 is 0 Å². The maximum Gasteiger partial charge on any atom is 0.174 e. The molecule has 6 heteroatoms. The first kappa shape index (κ1) is 19.9. The number of nitriles is 1. The summed E-state index contributed by atoms with van der Waals surface area (Å²) in [6.45, 7) is 6.17. The first-order chi connectivity index (χ1) is 13.8. The number of hydrogen-bond donors (Lipinski definition) is 0. The molecule has 2 aromatic rings. The second-order valence-corrected chi connectivity index (χ2v) is 6.91. The molecule has 0 saturated carbocycles. The summed E-state index contributed by atoms with van der Waals surface area (Å²) in [5, 5.41) is 18.4. The largest absolute Gasteiger partial charge is 0.490 e. The molecule has 1 aliphatic rings. The van der Waals surface area contributed by atoms with Crippen LogP contribution in [0.15, 0.2) is 18.2 Å². The first-order valence-corrected chi connectivity index (χ1v) is 10.2. The Morgan fingerprint density at radius 3 is 2.86 bits per heavy atom. The van der Waals surface area contributed by atoms with Gasteiger partial charge in [0.25, 0.3) is 0 Å². The number of ether oxygens (including phenoxy) is 2. The molecule has 0 aliphatic carbocycles. The maximum absolute atomic E-state index is 9.75. The SMILES string of the molecule is CCCCOc1ccc(/C=C(/C#N)c2nnc3n2CCCCC3)cc1OCC. The van der Waals surface area contributed by atoms with Gasteiger partial charge in [0.1, 0.15) is 11.9 Å². The molecule has 28 heavy (non-hydrogen) atoms. The minimum absolute atomic E-state index is 0.516. The average Bonchev–Trinajstić information content (AvgIpc) is 2.95. The summed E-state index contributed by atoms with van der Waals surface area (Å²) in [4.78, 5) is 0. The van der Waals surface area contributed by atoms with Gasteiger partial charge in [-0.25, -0.2) is 0 Å². The second-order valence-electron chi connectivity index (χ2n) is 6.91. The molecule has 0 spiro atoms. The summed E-state index contributed by atoms with van der Waals surface area (Å²) >= 11 is 0. The molecule has 0 bridgehead atoms. The number of unbranched alkanes of at least 4 members (excludes halogenated alkanes) is 1. The maximum atomic E-state index is 9.75. The normalized spacial score (nSPS) is 14.1. The van der Waals surface area contributed by atoms with Gasteiger partial charge in [-0.15, -0.1) is 10.2 Å². The summed E-state index contributed by atoms with van der Waals surface area (Å²) in [5.74, 6) is 3.07. The smallest absolute Gasteiger partial charge is 0.174 e. The lowest BCUT2D eigenvalue weighted by atomic mass is 10.1. The number of allylic oxidation sites excluding steroid dienone is 1. The molecule has 1 aromatic carbocycles. The zero-order valence-corrected chi connectivity index (χ0v) is 16.8. The standard InChI is InChI=1S/C22H28N4O2/c1-3-5-13-28-19-11-10-17(15-20(19)27-4-2)14-18(16-23)22-25-24-21-9-7-6-8-12-26(21)22/h10-11,14-15H,3-9,12-13H2,1-2H3/b18-14-. The van der Waals surface area contributed by atoms with Crippen LogP contribution in [0.4, 0.5) is 0 Å². The lowest BCUT2D eigenvalue weighted by Crippen LogP contribution is -2.05. The van der Waals surface area contributed by atoms with Gasteiger partial charge >= 0.3 is 0 Å². The van der Waals surface area contributed by atoms with Crippen LogP contribution in [0.25, 0.3) is 11.6 Å². The number of nitrogens with zero attached hydrogens (tertiary/aromatic N) is 4. The van der Waals surface area contributed by atoms with Crippen molar-refractivity contribution in [3.05, 3.63) is 35.4 Å². The van der Waals surface area contributed by atoms with Crippen LogP contribution in [0, 0.1) is 11.3 Å². The molecule has 1 aromatic heterocycles. The molecular weight excluding hydrogens is 352 g/mol. The molecule has 1 aliphatic heterocycles. The number of rotatable bonds is 8. The molecule has 6 nitrogen and oxygen atoms in total. The molecule has 0 fully saturated rings. The topological polar surface area (TPSA) is 73.0 Å². The lowest BCUT2D eigenvalue weighted by Gasteiger charge is -2.12. The van der Waals surface area contributed by atoms with Crippen molar-refractivity contribution in [2.45, 2.75) is 58.9 Å². The van der Waals surface area contributed by atoms with Crippen LogP contribution in [0.2, 0.25) is 0 Å². The van der Waals surface area contributed by atoms with Crippen LogP contribution < -0.4 is 9.47 Å². The van der Waals surface area contributed by atoms with Gasteiger partial charge in [0.15, 0.2) is 17.3 Å². The van der Waals surface area contributed by atoms with Gasteiger partial charge in [0.05, 0.1) is 18.8 Å². The predicted molar refractivity (Wildman–Crippen MR) is 109 cm³/mol. The van der Waals surface area contributed by atoms with Crippen LogP contribution in [0.5, 0.6) is 11.5 Å². The monoisotopic (exact) mass is 380 g/mol. The number of fused-ring (bicyclic) bond motifs is 1. The highest BCUT2D eigenvalue weighted by Crippen LogP contribution is 2.30. The fourth-order valence-corrected chi connectivity index (χ4v) is 3.33. The third-order valence-electron chi connectivity index (χ3n) is 4.80. The fraction of sp³-hybridized carbons (Fsp3) is 0.500. The summed E-state index contributed by atoms with van der Waals surface area (Å²) in [5.41, 5.74) is 1.40. The van der Waals surface area contributed by atoms with Gasteiger partial charge in [-0.2, -0.15) is 5.26 Å². The van der Waals surface area contributed by atoms with Crippen molar-refractivity contribution in [1.29, 1.82) is 5.26 Å². The van der Waals surface area contributed by atoms with E-state index in [-0.39, 0.29) is 0 Å². The first-order valence-electron chi connectivity index (χ1n) is 10.2. The van der Waals surface area contributed by atoms with E-state index in [1.54, 1.807) is 0 Å². The highest BCUT2D eigenvalue weighted by molar-refractivity contribution is 5.87. The highest BCUT2D eigenvalue weighted by atomic mass is 16.5.